The first kappa shape index (κ1) is 15.6. The molecule has 24 heavy (non-hydrogen) atoms. The average Bonchev–Trinajstić information content (AvgIpc) is 3.26. The number of carbonyl (C=O) groups is 1. The molecule has 0 radical (unpaired) electrons. The lowest BCUT2D eigenvalue weighted by atomic mass is 10.0. The Kier molecular flexibility index (Phi) is 4.04. The van der Waals surface area contributed by atoms with Crippen molar-refractivity contribution < 1.29 is 9.53 Å². The zero-order valence-electron chi connectivity index (χ0n) is 14.3. The molecular weight excluding hydrogens is 306 g/mol. The van der Waals surface area contributed by atoms with Crippen LogP contribution in [0, 0.1) is 11.8 Å². The highest BCUT2D eigenvalue weighted by Gasteiger charge is 2.47. The zero-order chi connectivity index (χ0) is 16.7. The van der Waals surface area contributed by atoms with Gasteiger partial charge in [-0.15, -0.1) is 0 Å². The van der Waals surface area contributed by atoms with E-state index in [2.05, 4.69) is 32.1 Å². The first-order valence-corrected chi connectivity index (χ1v) is 8.76. The van der Waals surface area contributed by atoms with Crippen LogP contribution < -0.4 is 15.0 Å². The maximum absolute atomic E-state index is 12.5. The van der Waals surface area contributed by atoms with Crippen molar-refractivity contribution in [2.75, 3.05) is 38.7 Å². The van der Waals surface area contributed by atoms with Crippen LogP contribution in [0.1, 0.15) is 19.3 Å². The van der Waals surface area contributed by atoms with E-state index in [1.807, 2.05) is 6.07 Å². The monoisotopic (exact) mass is 331 g/mol. The Morgan fingerprint density at radius 1 is 1.38 bits per heavy atom. The van der Waals surface area contributed by atoms with Gasteiger partial charge in [0, 0.05) is 31.7 Å². The van der Waals surface area contributed by atoms with E-state index in [0.717, 1.165) is 37.8 Å². The van der Waals surface area contributed by atoms with E-state index in [1.54, 1.807) is 13.4 Å². The third-order valence-corrected chi connectivity index (χ3v) is 5.67. The summed E-state index contributed by atoms with van der Waals surface area (Å²) < 4.78 is 5.19. The van der Waals surface area contributed by atoms with E-state index >= 15 is 0 Å². The number of ether oxygens (including phenoxy) is 1. The topological polar surface area (TPSA) is 70.6 Å². The molecule has 3 fully saturated rings. The molecular formula is C17H25N5O2. The number of nitrogens with zero attached hydrogens (tertiary/aromatic N) is 4. The second-order valence-corrected chi connectivity index (χ2v) is 7.26. The van der Waals surface area contributed by atoms with Gasteiger partial charge < -0.3 is 15.0 Å². The normalized spacial score (nSPS) is 29.6. The lowest BCUT2D eigenvalue weighted by molar-refractivity contribution is -0.125. The van der Waals surface area contributed by atoms with Gasteiger partial charge in [0.1, 0.15) is 12.1 Å². The molecule has 2 aliphatic heterocycles. The summed E-state index contributed by atoms with van der Waals surface area (Å²) in [6.07, 6.45) is 5.00. The van der Waals surface area contributed by atoms with Crippen LogP contribution in [-0.4, -0.2) is 66.7 Å². The molecule has 1 amide bonds. The molecule has 7 heteroatoms. The Labute approximate surface area is 142 Å². The summed E-state index contributed by atoms with van der Waals surface area (Å²) in [6, 6.07) is 2.30. The summed E-state index contributed by atoms with van der Waals surface area (Å²) in [4.78, 5) is 25.4. The number of likely N-dealkylation sites (tertiary alicyclic amines) is 1. The number of nitrogens with one attached hydrogen (secondary N) is 1. The molecule has 1 unspecified atom stereocenters. The predicted molar refractivity (Wildman–Crippen MR) is 90.0 cm³/mol. The Hall–Kier alpha value is -1.89. The molecule has 1 aromatic rings. The van der Waals surface area contributed by atoms with Gasteiger partial charge >= 0.3 is 0 Å². The van der Waals surface area contributed by atoms with Gasteiger partial charge in [0.05, 0.1) is 13.2 Å². The van der Waals surface area contributed by atoms with Gasteiger partial charge in [-0.2, -0.15) is 0 Å². The summed E-state index contributed by atoms with van der Waals surface area (Å²) in [5, 5.41) is 3.13. The van der Waals surface area contributed by atoms with Crippen molar-refractivity contribution in [1.82, 2.24) is 20.2 Å². The van der Waals surface area contributed by atoms with Gasteiger partial charge in [0.25, 0.3) is 0 Å². The van der Waals surface area contributed by atoms with Crippen molar-refractivity contribution in [3.8, 4) is 5.88 Å². The molecule has 130 valence electrons. The van der Waals surface area contributed by atoms with Crippen LogP contribution in [0.15, 0.2) is 12.4 Å². The predicted octanol–water partition coefficient (Wildman–Crippen LogP) is 0.520. The highest BCUT2D eigenvalue weighted by Crippen LogP contribution is 2.36. The largest absolute Gasteiger partial charge is 0.481 e. The van der Waals surface area contributed by atoms with Gasteiger partial charge in [-0.25, -0.2) is 9.97 Å². The number of hydrogen-bond donors (Lipinski definition) is 1. The van der Waals surface area contributed by atoms with Crippen LogP contribution >= 0.6 is 0 Å². The molecule has 0 bridgehead atoms. The number of amides is 1. The number of rotatable bonds is 5. The second kappa shape index (κ2) is 6.20. The number of anilines is 1. The molecule has 7 nitrogen and oxygen atoms in total. The van der Waals surface area contributed by atoms with Crippen molar-refractivity contribution in [3.63, 3.8) is 0 Å². The highest BCUT2D eigenvalue weighted by molar-refractivity contribution is 5.82. The first-order chi connectivity index (χ1) is 11.7. The van der Waals surface area contributed by atoms with Crippen molar-refractivity contribution >= 4 is 11.7 Å². The Bertz CT molecular complexity index is 621. The molecule has 4 rings (SSSR count). The third kappa shape index (κ3) is 2.92. The minimum absolute atomic E-state index is 0.0147. The molecule has 3 aliphatic rings. The summed E-state index contributed by atoms with van der Waals surface area (Å²) in [5.41, 5.74) is 0. The van der Waals surface area contributed by atoms with Crippen molar-refractivity contribution in [2.45, 2.75) is 31.3 Å². The summed E-state index contributed by atoms with van der Waals surface area (Å²) in [7, 11) is 3.69. The highest BCUT2D eigenvalue weighted by atomic mass is 16.5. The Balaban J connectivity index is 1.38. The fourth-order valence-electron chi connectivity index (χ4n) is 4.01. The van der Waals surface area contributed by atoms with E-state index in [9.17, 15) is 4.79 Å². The Morgan fingerprint density at radius 2 is 2.21 bits per heavy atom. The standard InChI is InChI=1S/C17H25N5O2/c1-21-13(17(23)18-7-11-3-4-11)5-12-8-22(9-14(12)21)15-6-16(24-2)20-10-19-15/h6,10-14H,3-5,7-9H2,1-2H3,(H,18,23)/t12-,13?,14+/m0/s1. The smallest absolute Gasteiger partial charge is 0.237 e. The first-order valence-electron chi connectivity index (χ1n) is 8.76. The SMILES string of the molecule is COc1cc(N2C[C@@H]3CC(C(=O)NCC4CC4)N(C)[C@@H]3C2)ncn1. The third-order valence-electron chi connectivity index (χ3n) is 5.67. The number of aromatic nitrogens is 2. The van der Waals surface area contributed by atoms with E-state index < -0.39 is 0 Å². The van der Waals surface area contributed by atoms with Crippen molar-refractivity contribution in [2.24, 2.45) is 11.8 Å². The summed E-state index contributed by atoms with van der Waals surface area (Å²) in [6.45, 7) is 2.68. The molecule has 0 aromatic carbocycles. The quantitative estimate of drug-likeness (QED) is 0.848. The summed E-state index contributed by atoms with van der Waals surface area (Å²) >= 11 is 0. The van der Waals surface area contributed by atoms with Gasteiger partial charge in [-0.05, 0) is 38.1 Å². The van der Waals surface area contributed by atoms with Crippen LogP contribution in [0.4, 0.5) is 5.82 Å². The molecule has 1 aromatic heterocycles. The van der Waals surface area contributed by atoms with Crippen LogP contribution in [0.25, 0.3) is 0 Å². The molecule has 3 atom stereocenters. The zero-order valence-corrected chi connectivity index (χ0v) is 14.3. The average molecular weight is 331 g/mol. The second-order valence-electron chi connectivity index (χ2n) is 7.26. The van der Waals surface area contributed by atoms with E-state index in [-0.39, 0.29) is 11.9 Å². The van der Waals surface area contributed by atoms with E-state index in [4.69, 9.17) is 4.74 Å². The van der Waals surface area contributed by atoms with Crippen molar-refractivity contribution in [3.05, 3.63) is 12.4 Å². The van der Waals surface area contributed by atoms with Crippen LogP contribution in [0.2, 0.25) is 0 Å². The van der Waals surface area contributed by atoms with E-state index in [0.29, 0.717) is 17.8 Å². The minimum atomic E-state index is 0.0147. The number of carbonyl (C=O) groups excluding carboxylic acids is 1. The van der Waals surface area contributed by atoms with E-state index in [1.165, 1.54) is 12.8 Å². The van der Waals surface area contributed by atoms with Gasteiger partial charge in [-0.3, -0.25) is 9.69 Å². The van der Waals surface area contributed by atoms with Crippen LogP contribution in [-0.2, 0) is 4.79 Å². The molecule has 3 heterocycles. The van der Waals surface area contributed by atoms with Gasteiger partial charge in [0.15, 0.2) is 0 Å². The summed E-state index contributed by atoms with van der Waals surface area (Å²) in [5.74, 6) is 2.92. The lowest BCUT2D eigenvalue weighted by Crippen LogP contribution is -2.46. The maximum Gasteiger partial charge on any atom is 0.237 e. The number of fused-ring (bicyclic) bond motifs is 1. The molecule has 0 spiro atoms. The number of methoxy groups -OCH3 is 1. The van der Waals surface area contributed by atoms with Crippen LogP contribution in [0.5, 0.6) is 5.88 Å². The van der Waals surface area contributed by atoms with Crippen molar-refractivity contribution in [1.29, 1.82) is 0 Å². The van der Waals surface area contributed by atoms with Crippen LogP contribution in [0.3, 0.4) is 0 Å². The number of likely N-dealkylation sites (N-methyl/N-ethyl adjacent to an activating group) is 1. The molecule has 1 N–H and O–H groups in total. The Morgan fingerprint density at radius 3 is 2.92 bits per heavy atom. The molecule has 1 aliphatic carbocycles. The number of hydrogen-bond acceptors (Lipinski definition) is 6. The molecule has 2 saturated heterocycles. The van der Waals surface area contributed by atoms with Gasteiger partial charge in [-0.1, -0.05) is 0 Å². The maximum atomic E-state index is 12.5. The fraction of sp³-hybridized carbons (Fsp3) is 0.706. The molecule has 1 saturated carbocycles. The lowest BCUT2D eigenvalue weighted by Gasteiger charge is -2.26. The minimum Gasteiger partial charge on any atom is -0.481 e. The van der Waals surface area contributed by atoms with Gasteiger partial charge in [0.2, 0.25) is 11.8 Å². The fourth-order valence-corrected chi connectivity index (χ4v) is 4.01.